The third-order valence-corrected chi connectivity index (χ3v) is 7.17. The summed E-state index contributed by atoms with van der Waals surface area (Å²) in [5.41, 5.74) is 4.47. The molecule has 0 spiro atoms. The van der Waals surface area contributed by atoms with E-state index in [2.05, 4.69) is 27.3 Å². The Kier molecular flexibility index (Phi) is 6.24. The van der Waals surface area contributed by atoms with Gasteiger partial charge in [-0.2, -0.15) is 8.78 Å². The minimum atomic E-state index is -3.44. The largest absolute Gasteiger partial charge is 0.432 e. The second kappa shape index (κ2) is 8.10. The summed E-state index contributed by atoms with van der Waals surface area (Å²) in [6.07, 6.45) is 3.68. The maximum Gasteiger partial charge on any atom is 0.400 e. The van der Waals surface area contributed by atoms with Crippen molar-refractivity contribution in [2.45, 2.75) is 61.4 Å². The zero-order valence-electron chi connectivity index (χ0n) is 14.5. The highest BCUT2D eigenvalue weighted by molar-refractivity contribution is 14.1. The van der Waals surface area contributed by atoms with E-state index in [0.717, 1.165) is 16.8 Å². The minimum absolute atomic E-state index is 0.377. The summed E-state index contributed by atoms with van der Waals surface area (Å²) in [7, 11) is 0. The van der Waals surface area contributed by atoms with Gasteiger partial charge >= 0.3 is 6.11 Å². The standard InChI is InChI=1S/C19H24F4INO/c20-16-9-15(10-17(21)18(16)25)26-19(22,23)13-5-1-11(2-6-13)12-3-7-14(24)8-4-12/h9-14H,1-8,25H2. The normalized spacial score (nSPS) is 30.2. The predicted molar refractivity (Wildman–Crippen MR) is 102 cm³/mol. The summed E-state index contributed by atoms with van der Waals surface area (Å²) in [5, 5.41) is 0. The van der Waals surface area contributed by atoms with Crippen LogP contribution in [0.2, 0.25) is 0 Å². The number of nitrogens with two attached hydrogens (primary N) is 1. The number of halogens is 5. The van der Waals surface area contributed by atoms with Crippen molar-refractivity contribution in [3.63, 3.8) is 0 Å². The lowest BCUT2D eigenvalue weighted by molar-refractivity contribution is -0.224. The van der Waals surface area contributed by atoms with Gasteiger partial charge in [-0.05, 0) is 63.2 Å². The molecule has 0 aromatic heterocycles. The van der Waals surface area contributed by atoms with Crippen LogP contribution < -0.4 is 10.5 Å². The molecule has 2 aliphatic carbocycles. The molecule has 1 aromatic rings. The van der Waals surface area contributed by atoms with Crippen LogP contribution in [0.15, 0.2) is 12.1 Å². The molecule has 2 nitrogen and oxygen atoms in total. The molecule has 7 heteroatoms. The average Bonchev–Trinajstić information content (AvgIpc) is 2.60. The summed E-state index contributed by atoms with van der Waals surface area (Å²) in [5.74, 6) is -2.48. The Morgan fingerprint density at radius 1 is 0.885 bits per heavy atom. The molecule has 2 saturated carbocycles. The van der Waals surface area contributed by atoms with Crippen molar-refractivity contribution >= 4 is 28.3 Å². The number of hydrogen-bond acceptors (Lipinski definition) is 2. The van der Waals surface area contributed by atoms with Crippen LogP contribution in [0.1, 0.15) is 51.4 Å². The van der Waals surface area contributed by atoms with Gasteiger partial charge in [0.2, 0.25) is 0 Å². The molecule has 0 heterocycles. The van der Waals surface area contributed by atoms with E-state index in [1.807, 2.05) is 0 Å². The first-order valence-corrected chi connectivity index (χ1v) is 10.5. The molecule has 26 heavy (non-hydrogen) atoms. The Hall–Kier alpha value is -0.730. The fourth-order valence-corrected chi connectivity index (χ4v) is 5.06. The van der Waals surface area contributed by atoms with Gasteiger partial charge in [0.15, 0.2) is 11.6 Å². The molecule has 0 saturated heterocycles. The van der Waals surface area contributed by atoms with Crippen molar-refractivity contribution in [2.24, 2.45) is 17.8 Å². The van der Waals surface area contributed by atoms with Gasteiger partial charge in [0, 0.05) is 16.1 Å². The first-order valence-electron chi connectivity index (χ1n) is 9.21. The number of anilines is 1. The molecular weight excluding hydrogens is 461 g/mol. The third-order valence-electron chi connectivity index (χ3n) is 5.92. The summed E-state index contributed by atoms with van der Waals surface area (Å²) < 4.78 is 61.3. The van der Waals surface area contributed by atoms with Gasteiger partial charge in [-0.3, -0.25) is 0 Å². The van der Waals surface area contributed by atoms with E-state index < -0.39 is 35.1 Å². The first kappa shape index (κ1) is 20.0. The molecule has 146 valence electrons. The van der Waals surface area contributed by atoms with Crippen LogP contribution in [0, 0.1) is 29.4 Å². The van der Waals surface area contributed by atoms with E-state index in [1.54, 1.807) is 0 Å². The van der Waals surface area contributed by atoms with Gasteiger partial charge in [-0.1, -0.05) is 22.6 Å². The Labute approximate surface area is 165 Å². The molecule has 0 unspecified atom stereocenters. The summed E-state index contributed by atoms with van der Waals surface area (Å²) in [6, 6.07) is 1.42. The Bertz CT molecular complexity index is 603. The molecule has 0 atom stereocenters. The molecule has 0 amide bonds. The second-order valence-electron chi connectivity index (χ2n) is 7.59. The van der Waals surface area contributed by atoms with Crippen molar-refractivity contribution in [2.75, 3.05) is 5.73 Å². The topological polar surface area (TPSA) is 35.2 Å². The van der Waals surface area contributed by atoms with Crippen LogP contribution >= 0.6 is 22.6 Å². The summed E-state index contributed by atoms with van der Waals surface area (Å²) in [4.78, 5) is 0. The van der Waals surface area contributed by atoms with E-state index in [0.29, 0.717) is 36.8 Å². The van der Waals surface area contributed by atoms with E-state index >= 15 is 0 Å². The number of ether oxygens (including phenoxy) is 1. The molecule has 3 rings (SSSR count). The number of benzene rings is 1. The Balaban J connectivity index is 1.57. The summed E-state index contributed by atoms with van der Waals surface area (Å²) in [6.45, 7) is 0. The van der Waals surface area contributed by atoms with Crippen LogP contribution in [0.25, 0.3) is 0 Å². The lowest BCUT2D eigenvalue weighted by atomic mass is 9.71. The smallest absolute Gasteiger partial charge is 0.400 e. The lowest BCUT2D eigenvalue weighted by Gasteiger charge is -2.38. The predicted octanol–water partition coefficient (Wildman–Crippen LogP) is 6.32. The van der Waals surface area contributed by atoms with Crippen LogP contribution in [-0.2, 0) is 0 Å². The van der Waals surface area contributed by atoms with Crippen molar-refractivity contribution in [1.29, 1.82) is 0 Å². The molecule has 0 radical (unpaired) electrons. The van der Waals surface area contributed by atoms with Crippen molar-refractivity contribution in [3.05, 3.63) is 23.8 Å². The van der Waals surface area contributed by atoms with Gasteiger partial charge in [0.25, 0.3) is 0 Å². The molecule has 1 aromatic carbocycles. The zero-order chi connectivity index (χ0) is 18.9. The maximum absolute atomic E-state index is 14.5. The van der Waals surface area contributed by atoms with Crippen LogP contribution in [0.3, 0.4) is 0 Å². The fourth-order valence-electron chi connectivity index (χ4n) is 4.34. The van der Waals surface area contributed by atoms with E-state index in [4.69, 9.17) is 5.73 Å². The molecule has 0 aliphatic heterocycles. The van der Waals surface area contributed by atoms with Gasteiger partial charge in [0.05, 0.1) is 5.92 Å². The van der Waals surface area contributed by atoms with Crippen LogP contribution in [0.4, 0.5) is 23.2 Å². The molecule has 0 bridgehead atoms. The number of rotatable bonds is 4. The quantitative estimate of drug-likeness (QED) is 0.235. The molecular formula is C19H24F4INO. The Morgan fingerprint density at radius 2 is 1.35 bits per heavy atom. The molecule has 2 aliphatic rings. The van der Waals surface area contributed by atoms with Crippen molar-refractivity contribution in [3.8, 4) is 5.75 Å². The van der Waals surface area contributed by atoms with Gasteiger partial charge in [0.1, 0.15) is 11.4 Å². The monoisotopic (exact) mass is 485 g/mol. The maximum atomic E-state index is 14.5. The fraction of sp³-hybridized carbons (Fsp3) is 0.684. The highest BCUT2D eigenvalue weighted by Gasteiger charge is 2.45. The average molecular weight is 485 g/mol. The van der Waals surface area contributed by atoms with Crippen LogP contribution in [0.5, 0.6) is 5.75 Å². The number of nitrogen functional groups attached to an aromatic ring is 1. The minimum Gasteiger partial charge on any atom is -0.432 e. The van der Waals surface area contributed by atoms with Crippen LogP contribution in [-0.4, -0.2) is 10.0 Å². The summed E-state index contributed by atoms with van der Waals surface area (Å²) >= 11 is 2.49. The highest BCUT2D eigenvalue weighted by Crippen LogP contribution is 2.45. The highest BCUT2D eigenvalue weighted by atomic mass is 127. The van der Waals surface area contributed by atoms with E-state index in [1.165, 1.54) is 25.7 Å². The molecule has 2 fully saturated rings. The van der Waals surface area contributed by atoms with E-state index in [-0.39, 0.29) is 0 Å². The van der Waals surface area contributed by atoms with Gasteiger partial charge in [-0.25, -0.2) is 8.78 Å². The lowest BCUT2D eigenvalue weighted by Crippen LogP contribution is -2.38. The Morgan fingerprint density at radius 3 is 1.85 bits per heavy atom. The van der Waals surface area contributed by atoms with Crippen molar-refractivity contribution in [1.82, 2.24) is 0 Å². The SMILES string of the molecule is Nc1c(F)cc(OC(F)(F)C2CCC(C3CCC(I)CC3)CC2)cc1F. The van der Waals surface area contributed by atoms with Gasteiger partial charge < -0.3 is 10.5 Å². The molecule has 2 N–H and O–H groups in total. The van der Waals surface area contributed by atoms with Crippen molar-refractivity contribution < 1.29 is 22.3 Å². The third kappa shape index (κ3) is 4.57. The number of alkyl halides is 3. The van der Waals surface area contributed by atoms with Gasteiger partial charge in [-0.15, -0.1) is 0 Å². The first-order chi connectivity index (χ1) is 12.3. The second-order valence-corrected chi connectivity index (χ2v) is 9.35. The zero-order valence-corrected chi connectivity index (χ0v) is 16.7. The number of hydrogen-bond donors (Lipinski definition) is 1. The van der Waals surface area contributed by atoms with E-state index in [9.17, 15) is 17.6 Å².